The smallest absolute Gasteiger partial charge is 0.293 e. The number of nitro groups is 1. The molecule has 1 N–H and O–H groups in total. The van der Waals surface area contributed by atoms with Crippen molar-refractivity contribution in [1.29, 1.82) is 0 Å². The zero-order chi connectivity index (χ0) is 21.1. The first kappa shape index (κ1) is 19.4. The van der Waals surface area contributed by atoms with Gasteiger partial charge in [0.25, 0.3) is 5.69 Å². The Hall–Kier alpha value is -3.89. The fourth-order valence-electron chi connectivity index (χ4n) is 3.55. The highest BCUT2D eigenvalue weighted by Crippen LogP contribution is 2.29. The summed E-state index contributed by atoms with van der Waals surface area (Å²) in [4.78, 5) is 38.2. The molecule has 0 radical (unpaired) electrons. The van der Waals surface area contributed by atoms with Crippen molar-refractivity contribution in [1.82, 2.24) is 24.7 Å². The summed E-state index contributed by atoms with van der Waals surface area (Å²) in [5.74, 6) is 0.722. The lowest BCUT2D eigenvalue weighted by molar-refractivity contribution is -0.384. The molecule has 11 nitrogen and oxygen atoms in total. The average Bonchev–Trinajstić information content (AvgIpc) is 3.30. The van der Waals surface area contributed by atoms with E-state index in [1.807, 2.05) is 4.90 Å². The first-order valence-electron chi connectivity index (χ1n) is 9.50. The van der Waals surface area contributed by atoms with E-state index in [1.165, 1.54) is 23.4 Å². The number of benzene rings is 1. The Morgan fingerprint density at radius 1 is 1.27 bits per heavy atom. The van der Waals surface area contributed by atoms with E-state index < -0.39 is 4.92 Å². The molecule has 1 atom stereocenters. The highest BCUT2D eigenvalue weighted by Gasteiger charge is 2.29. The first-order valence-corrected chi connectivity index (χ1v) is 9.50. The molecule has 1 fully saturated rings. The van der Waals surface area contributed by atoms with Crippen molar-refractivity contribution in [3.8, 4) is 5.82 Å². The Bertz CT molecular complexity index is 1070. The Labute approximate surface area is 171 Å². The van der Waals surface area contributed by atoms with E-state index in [0.29, 0.717) is 30.2 Å². The Morgan fingerprint density at radius 3 is 2.87 bits per heavy atom. The van der Waals surface area contributed by atoms with Gasteiger partial charge in [-0.05, 0) is 25.3 Å². The van der Waals surface area contributed by atoms with Gasteiger partial charge < -0.3 is 10.2 Å². The fraction of sp³-hybridized carbons (Fsp3) is 0.316. The maximum absolute atomic E-state index is 12.9. The highest BCUT2D eigenvalue weighted by atomic mass is 16.6. The van der Waals surface area contributed by atoms with Crippen LogP contribution in [0.25, 0.3) is 5.82 Å². The topological polar surface area (TPSA) is 132 Å². The van der Waals surface area contributed by atoms with E-state index in [1.54, 1.807) is 31.5 Å². The number of para-hydroxylation sites is 1. The summed E-state index contributed by atoms with van der Waals surface area (Å²) in [6.45, 7) is 2.95. The van der Waals surface area contributed by atoms with Gasteiger partial charge >= 0.3 is 0 Å². The number of anilines is 2. The number of piperidine rings is 1. The number of aromatic nitrogens is 5. The molecule has 11 heteroatoms. The van der Waals surface area contributed by atoms with Gasteiger partial charge in [0.1, 0.15) is 30.5 Å². The van der Waals surface area contributed by atoms with Gasteiger partial charge in [0, 0.05) is 25.2 Å². The van der Waals surface area contributed by atoms with Crippen LogP contribution < -0.4 is 10.2 Å². The van der Waals surface area contributed by atoms with Gasteiger partial charge in [-0.3, -0.25) is 14.9 Å². The fourth-order valence-corrected chi connectivity index (χ4v) is 3.55. The average molecular weight is 408 g/mol. The largest absolute Gasteiger partial charge is 0.356 e. The summed E-state index contributed by atoms with van der Waals surface area (Å²) >= 11 is 0. The highest BCUT2D eigenvalue weighted by molar-refractivity contribution is 5.96. The lowest BCUT2D eigenvalue weighted by atomic mass is 9.96. The molecule has 2 aromatic heterocycles. The van der Waals surface area contributed by atoms with E-state index in [-0.39, 0.29) is 23.2 Å². The molecule has 1 saturated heterocycles. The predicted octanol–water partition coefficient (Wildman–Crippen LogP) is 2.13. The van der Waals surface area contributed by atoms with Crippen LogP contribution in [0.1, 0.15) is 18.4 Å². The summed E-state index contributed by atoms with van der Waals surface area (Å²) in [5, 5.41) is 18.2. The van der Waals surface area contributed by atoms with Gasteiger partial charge in [-0.2, -0.15) is 5.10 Å². The second-order valence-electron chi connectivity index (χ2n) is 7.08. The van der Waals surface area contributed by atoms with Crippen LogP contribution in [0, 0.1) is 23.0 Å². The zero-order valence-electron chi connectivity index (χ0n) is 16.3. The van der Waals surface area contributed by atoms with Gasteiger partial charge in [0.15, 0.2) is 5.82 Å². The molecule has 1 aliphatic heterocycles. The van der Waals surface area contributed by atoms with Crippen LogP contribution in [0.2, 0.25) is 0 Å². The molecule has 154 valence electrons. The number of nitrogens with zero attached hydrogens (tertiary/aromatic N) is 7. The molecule has 1 unspecified atom stereocenters. The van der Waals surface area contributed by atoms with Gasteiger partial charge in [0.05, 0.1) is 10.8 Å². The molecule has 3 heterocycles. The molecule has 1 aromatic carbocycles. The third kappa shape index (κ3) is 3.95. The number of hydrogen-bond acceptors (Lipinski definition) is 8. The summed E-state index contributed by atoms with van der Waals surface area (Å²) < 4.78 is 1.54. The third-order valence-electron chi connectivity index (χ3n) is 5.10. The molecule has 4 rings (SSSR count). The van der Waals surface area contributed by atoms with Crippen molar-refractivity contribution < 1.29 is 9.72 Å². The van der Waals surface area contributed by atoms with Gasteiger partial charge in [-0.25, -0.2) is 19.6 Å². The third-order valence-corrected chi connectivity index (χ3v) is 5.10. The minimum Gasteiger partial charge on any atom is -0.356 e. The molecule has 1 amide bonds. The number of nitrogens with one attached hydrogen (secondary N) is 1. The van der Waals surface area contributed by atoms with Crippen LogP contribution in [0.15, 0.2) is 43.2 Å². The number of amides is 1. The minimum atomic E-state index is -0.484. The standard InChI is InChI=1S/C19H20N8O3/c1-13-4-2-6-15(27(29)30)18(13)24-19(28)14-5-3-7-25(9-14)16-8-17(22-11-21-16)26-12-20-10-23-26/h2,4,6,8,10-12,14H,3,5,7,9H2,1H3,(H,24,28). The van der Waals surface area contributed by atoms with E-state index >= 15 is 0 Å². The molecule has 1 aliphatic rings. The summed E-state index contributed by atoms with van der Waals surface area (Å²) in [5.41, 5.74) is 0.794. The normalized spacial score (nSPS) is 16.3. The summed E-state index contributed by atoms with van der Waals surface area (Å²) in [6.07, 6.45) is 5.92. The van der Waals surface area contributed by atoms with Crippen molar-refractivity contribution in [2.45, 2.75) is 19.8 Å². The number of nitro benzene ring substituents is 1. The van der Waals surface area contributed by atoms with Gasteiger partial charge in [-0.15, -0.1) is 0 Å². The summed E-state index contributed by atoms with van der Waals surface area (Å²) in [7, 11) is 0. The molecule has 30 heavy (non-hydrogen) atoms. The Balaban J connectivity index is 1.51. The lowest BCUT2D eigenvalue weighted by Crippen LogP contribution is -2.41. The monoisotopic (exact) mass is 408 g/mol. The molecular weight excluding hydrogens is 388 g/mol. The van der Waals surface area contributed by atoms with Crippen LogP contribution in [0.3, 0.4) is 0 Å². The molecule has 0 aliphatic carbocycles. The molecule has 0 saturated carbocycles. The van der Waals surface area contributed by atoms with Crippen molar-refractivity contribution >= 4 is 23.1 Å². The number of rotatable bonds is 5. The second-order valence-corrected chi connectivity index (χ2v) is 7.08. The van der Waals surface area contributed by atoms with Crippen LogP contribution in [0.4, 0.5) is 17.2 Å². The second kappa shape index (κ2) is 8.23. The molecule has 0 bridgehead atoms. The van der Waals surface area contributed by atoms with E-state index in [2.05, 4.69) is 25.4 Å². The van der Waals surface area contributed by atoms with Crippen molar-refractivity contribution in [3.63, 3.8) is 0 Å². The Kier molecular flexibility index (Phi) is 5.33. The number of carbonyl (C=O) groups is 1. The molecule has 3 aromatic rings. The quantitative estimate of drug-likeness (QED) is 0.501. The van der Waals surface area contributed by atoms with E-state index in [4.69, 9.17) is 0 Å². The maximum Gasteiger partial charge on any atom is 0.293 e. The SMILES string of the molecule is Cc1cccc([N+](=O)[O-])c1NC(=O)C1CCCN(c2cc(-n3cncn3)ncn2)C1. The number of hydrogen-bond donors (Lipinski definition) is 1. The molecule has 0 spiro atoms. The predicted molar refractivity (Wildman–Crippen MR) is 108 cm³/mol. The van der Waals surface area contributed by atoms with Crippen LogP contribution in [-0.4, -0.2) is 48.7 Å². The first-order chi connectivity index (χ1) is 14.5. The Morgan fingerprint density at radius 2 is 2.10 bits per heavy atom. The zero-order valence-corrected chi connectivity index (χ0v) is 16.3. The maximum atomic E-state index is 12.9. The van der Waals surface area contributed by atoms with Crippen LogP contribution in [-0.2, 0) is 4.79 Å². The van der Waals surface area contributed by atoms with Crippen LogP contribution >= 0.6 is 0 Å². The number of carbonyl (C=O) groups excluding carboxylic acids is 1. The number of aryl methyl sites for hydroxylation is 1. The van der Waals surface area contributed by atoms with Gasteiger partial charge in [0.2, 0.25) is 5.91 Å². The molecular formula is C19H20N8O3. The van der Waals surface area contributed by atoms with Crippen molar-refractivity contribution in [3.05, 3.63) is 58.9 Å². The van der Waals surface area contributed by atoms with Crippen LogP contribution in [0.5, 0.6) is 0 Å². The van der Waals surface area contributed by atoms with E-state index in [0.717, 1.165) is 13.0 Å². The lowest BCUT2D eigenvalue weighted by Gasteiger charge is -2.33. The van der Waals surface area contributed by atoms with Crippen molar-refractivity contribution in [2.75, 3.05) is 23.3 Å². The van der Waals surface area contributed by atoms with Gasteiger partial charge in [-0.1, -0.05) is 12.1 Å². The van der Waals surface area contributed by atoms with Crippen molar-refractivity contribution in [2.24, 2.45) is 5.92 Å². The summed E-state index contributed by atoms with van der Waals surface area (Å²) in [6, 6.07) is 6.53. The van der Waals surface area contributed by atoms with E-state index in [9.17, 15) is 14.9 Å². The minimum absolute atomic E-state index is 0.107.